The first kappa shape index (κ1) is 15.5. The fourth-order valence-corrected chi connectivity index (χ4v) is 5.64. The van der Waals surface area contributed by atoms with E-state index < -0.39 is 35.1 Å². The molecule has 3 saturated carbocycles. The summed E-state index contributed by atoms with van der Waals surface area (Å²) in [6.45, 7) is 5.02. The van der Waals surface area contributed by atoms with E-state index in [0.717, 1.165) is 12.8 Å². The first-order chi connectivity index (χ1) is 10.7. The third-order valence-corrected chi connectivity index (χ3v) is 7.34. The number of aliphatic hydroxyl groups is 2. The van der Waals surface area contributed by atoms with Gasteiger partial charge in [-0.2, -0.15) is 0 Å². The number of ether oxygens (including phenoxy) is 2. The summed E-state index contributed by atoms with van der Waals surface area (Å²) in [5.41, 5.74) is -1.69. The third-order valence-electron chi connectivity index (χ3n) is 7.34. The summed E-state index contributed by atoms with van der Waals surface area (Å²) in [7, 11) is 0. The van der Waals surface area contributed by atoms with Gasteiger partial charge in [0, 0.05) is 12.3 Å². The Morgan fingerprint density at radius 3 is 2.70 bits per heavy atom. The lowest BCUT2D eigenvalue weighted by Crippen LogP contribution is -2.64. The van der Waals surface area contributed by atoms with E-state index in [9.17, 15) is 19.8 Å². The van der Waals surface area contributed by atoms with Gasteiger partial charge in [0.05, 0.1) is 18.1 Å². The van der Waals surface area contributed by atoms with Crippen LogP contribution in [0.3, 0.4) is 0 Å². The van der Waals surface area contributed by atoms with Crippen LogP contribution < -0.4 is 0 Å². The van der Waals surface area contributed by atoms with Crippen LogP contribution in [0.2, 0.25) is 0 Å². The number of aliphatic hydroxyl groups excluding tert-OH is 2. The lowest BCUT2D eigenvalue weighted by atomic mass is 9.52. The van der Waals surface area contributed by atoms with Gasteiger partial charge in [-0.25, -0.2) is 0 Å². The molecule has 0 radical (unpaired) electrons. The minimum atomic E-state index is -1.17. The molecular weight excluding hydrogens is 300 g/mol. The summed E-state index contributed by atoms with van der Waals surface area (Å²) in [5.74, 6) is -0.486. The van der Waals surface area contributed by atoms with Crippen molar-refractivity contribution in [3.63, 3.8) is 0 Å². The van der Waals surface area contributed by atoms with Gasteiger partial charge in [0.25, 0.3) is 0 Å². The van der Waals surface area contributed by atoms with Crippen LogP contribution >= 0.6 is 0 Å². The fourth-order valence-electron chi connectivity index (χ4n) is 5.64. The maximum atomic E-state index is 12.9. The summed E-state index contributed by atoms with van der Waals surface area (Å²) in [6, 6.07) is 0. The number of rotatable bonds is 2. The van der Waals surface area contributed by atoms with Gasteiger partial charge in [-0.3, -0.25) is 9.59 Å². The van der Waals surface area contributed by atoms with E-state index in [2.05, 4.69) is 6.92 Å². The maximum absolute atomic E-state index is 12.9. The Balaban J connectivity index is 1.83. The molecule has 6 nitrogen and oxygen atoms in total. The molecule has 0 aromatic carbocycles. The number of carbonyl (C=O) groups is 2. The number of carbonyl (C=O) groups excluding carboxylic acids is 2. The molecule has 8 unspecified atom stereocenters. The summed E-state index contributed by atoms with van der Waals surface area (Å²) < 4.78 is 11.4. The highest BCUT2D eigenvalue weighted by atomic mass is 16.6. The lowest BCUT2D eigenvalue weighted by Gasteiger charge is -2.55. The molecule has 4 rings (SSSR count). The molecule has 3 aliphatic carbocycles. The van der Waals surface area contributed by atoms with Gasteiger partial charge in [-0.1, -0.05) is 6.92 Å². The summed E-state index contributed by atoms with van der Waals surface area (Å²) in [5, 5.41) is 20.8. The Morgan fingerprint density at radius 2 is 2.09 bits per heavy atom. The first-order valence-corrected chi connectivity index (χ1v) is 8.37. The van der Waals surface area contributed by atoms with Crippen molar-refractivity contribution in [3.05, 3.63) is 0 Å². The standard InChI is InChI=1S/C17H24O6/c1-8(19)22-14-10(20)11-12(21)16(14,3)17(7-18)5-4-15(2)6-9(15)13(17)23-11/h9-11,13-14,18,20H,4-7H2,1-3H3. The summed E-state index contributed by atoms with van der Waals surface area (Å²) in [6.07, 6.45) is -0.792. The summed E-state index contributed by atoms with van der Waals surface area (Å²) >= 11 is 0. The molecule has 23 heavy (non-hydrogen) atoms. The van der Waals surface area contributed by atoms with E-state index in [1.165, 1.54) is 6.92 Å². The molecule has 0 aromatic heterocycles. The largest absolute Gasteiger partial charge is 0.459 e. The summed E-state index contributed by atoms with van der Waals surface area (Å²) in [4.78, 5) is 24.5. The van der Waals surface area contributed by atoms with Crippen molar-refractivity contribution < 1.29 is 29.3 Å². The zero-order valence-electron chi connectivity index (χ0n) is 13.7. The molecule has 2 N–H and O–H groups in total. The van der Waals surface area contributed by atoms with Crippen LogP contribution in [-0.4, -0.2) is 53.0 Å². The first-order valence-electron chi connectivity index (χ1n) is 8.37. The Morgan fingerprint density at radius 1 is 1.39 bits per heavy atom. The van der Waals surface area contributed by atoms with Crippen LogP contribution in [0.4, 0.5) is 0 Å². The maximum Gasteiger partial charge on any atom is 0.303 e. The number of hydrogen-bond donors (Lipinski definition) is 2. The molecule has 6 heteroatoms. The predicted molar refractivity (Wildman–Crippen MR) is 78.3 cm³/mol. The molecule has 8 atom stereocenters. The fraction of sp³-hybridized carbons (Fsp3) is 0.882. The van der Waals surface area contributed by atoms with Crippen LogP contribution in [-0.2, 0) is 19.1 Å². The van der Waals surface area contributed by atoms with Crippen molar-refractivity contribution in [1.82, 2.24) is 0 Å². The molecule has 2 bridgehead atoms. The third kappa shape index (κ3) is 1.60. The van der Waals surface area contributed by atoms with Crippen molar-refractivity contribution in [2.75, 3.05) is 6.61 Å². The highest BCUT2D eigenvalue weighted by Crippen LogP contribution is 2.72. The van der Waals surface area contributed by atoms with Crippen molar-refractivity contribution in [2.45, 2.75) is 64.4 Å². The quantitative estimate of drug-likeness (QED) is 0.716. The highest BCUT2D eigenvalue weighted by molar-refractivity contribution is 5.95. The Kier molecular flexibility index (Phi) is 2.94. The highest BCUT2D eigenvalue weighted by Gasteiger charge is 2.79. The average Bonchev–Trinajstić information content (AvgIpc) is 3.16. The Labute approximate surface area is 135 Å². The number of hydrogen-bond acceptors (Lipinski definition) is 6. The molecular formula is C17H24O6. The van der Waals surface area contributed by atoms with Gasteiger partial charge in [-0.15, -0.1) is 0 Å². The molecule has 1 aliphatic heterocycles. The van der Waals surface area contributed by atoms with Gasteiger partial charge in [0.15, 0.2) is 5.78 Å². The Hall–Kier alpha value is -0.980. The van der Waals surface area contributed by atoms with Crippen molar-refractivity contribution in [1.29, 1.82) is 0 Å². The number of esters is 1. The van der Waals surface area contributed by atoms with Gasteiger partial charge in [-0.05, 0) is 37.5 Å². The second kappa shape index (κ2) is 4.35. The topological polar surface area (TPSA) is 93.1 Å². The molecule has 4 aliphatic rings. The minimum absolute atomic E-state index is 0.205. The SMILES string of the molecule is CC(=O)OC1C(O)C2OC3C4CC4(C)CCC3(CO)C1(C)C2=O. The van der Waals surface area contributed by atoms with E-state index >= 15 is 0 Å². The van der Waals surface area contributed by atoms with E-state index in [1.807, 2.05) is 0 Å². The van der Waals surface area contributed by atoms with Crippen molar-refractivity contribution in [2.24, 2.45) is 22.2 Å². The van der Waals surface area contributed by atoms with E-state index in [0.29, 0.717) is 12.3 Å². The van der Waals surface area contributed by atoms with E-state index in [1.54, 1.807) is 6.92 Å². The van der Waals surface area contributed by atoms with E-state index in [4.69, 9.17) is 9.47 Å². The Bertz CT molecular complexity index is 590. The number of Topliss-reactive ketones (excluding diaryl/α,β-unsaturated/α-hetero) is 1. The van der Waals surface area contributed by atoms with Gasteiger partial charge < -0.3 is 19.7 Å². The average molecular weight is 324 g/mol. The van der Waals surface area contributed by atoms with E-state index in [-0.39, 0.29) is 23.9 Å². The van der Waals surface area contributed by atoms with Crippen LogP contribution in [0.15, 0.2) is 0 Å². The minimum Gasteiger partial charge on any atom is -0.459 e. The molecule has 1 heterocycles. The van der Waals surface area contributed by atoms with Gasteiger partial charge >= 0.3 is 5.97 Å². The van der Waals surface area contributed by atoms with Gasteiger partial charge in [0.2, 0.25) is 0 Å². The smallest absolute Gasteiger partial charge is 0.303 e. The van der Waals surface area contributed by atoms with Crippen LogP contribution in [0, 0.1) is 22.2 Å². The molecule has 128 valence electrons. The van der Waals surface area contributed by atoms with Gasteiger partial charge in [0.1, 0.15) is 18.3 Å². The zero-order valence-corrected chi connectivity index (χ0v) is 13.7. The van der Waals surface area contributed by atoms with Crippen LogP contribution in [0.5, 0.6) is 0 Å². The second-order valence-electron chi connectivity index (χ2n) is 8.34. The molecule has 0 spiro atoms. The zero-order chi connectivity index (χ0) is 16.8. The molecule has 0 aromatic rings. The van der Waals surface area contributed by atoms with Crippen molar-refractivity contribution in [3.8, 4) is 0 Å². The molecule has 0 amide bonds. The molecule has 4 fully saturated rings. The monoisotopic (exact) mass is 324 g/mol. The second-order valence-corrected chi connectivity index (χ2v) is 8.34. The molecule has 1 saturated heterocycles. The van der Waals surface area contributed by atoms with Crippen LogP contribution in [0.1, 0.15) is 40.0 Å². The lowest BCUT2D eigenvalue weighted by molar-refractivity contribution is -0.217. The number of ketones is 1. The van der Waals surface area contributed by atoms with Crippen molar-refractivity contribution >= 4 is 11.8 Å². The number of fused-ring (bicyclic) bond motifs is 6. The van der Waals surface area contributed by atoms with Crippen LogP contribution in [0.25, 0.3) is 0 Å². The normalized spacial score (nSPS) is 56.7. The predicted octanol–water partition coefficient (Wildman–Crippen LogP) is 0.434.